The highest BCUT2D eigenvalue weighted by Gasteiger charge is 2.15. The first-order chi connectivity index (χ1) is 8.49. The van der Waals surface area contributed by atoms with Crippen molar-refractivity contribution in [1.82, 2.24) is 4.98 Å². The van der Waals surface area contributed by atoms with Gasteiger partial charge in [-0.25, -0.2) is 4.98 Å². The number of carbonyl (C=O) groups excluding carboxylic acids is 1. The second kappa shape index (κ2) is 5.38. The van der Waals surface area contributed by atoms with E-state index < -0.39 is 0 Å². The van der Waals surface area contributed by atoms with Crippen LogP contribution in [0, 0.1) is 6.92 Å². The largest absolute Gasteiger partial charge is 0.399 e. The van der Waals surface area contributed by atoms with Crippen LogP contribution in [0.1, 0.15) is 15.4 Å². The third kappa shape index (κ3) is 2.73. The van der Waals surface area contributed by atoms with Gasteiger partial charge in [0, 0.05) is 14.6 Å². The molecule has 7 heteroatoms. The number of nitrogen functional groups attached to an aromatic ring is 1. The molecule has 1 aromatic carbocycles. The number of hydrogen-bond donors (Lipinski definition) is 2. The van der Waals surface area contributed by atoms with Gasteiger partial charge in [0.25, 0.3) is 5.91 Å². The van der Waals surface area contributed by atoms with Crippen LogP contribution in [0.5, 0.6) is 0 Å². The molecule has 0 aliphatic carbocycles. The second-order valence-corrected chi connectivity index (χ2v) is 6.14. The fourth-order valence-corrected chi connectivity index (χ4v) is 3.52. The Morgan fingerprint density at radius 2 is 2.00 bits per heavy atom. The Morgan fingerprint density at radius 3 is 2.50 bits per heavy atom. The molecule has 0 fully saturated rings. The monoisotopic (exact) mass is 389 g/mol. The summed E-state index contributed by atoms with van der Waals surface area (Å²) in [5.41, 5.74) is 9.34. The lowest BCUT2D eigenvalue weighted by molar-refractivity contribution is 0.102. The molecule has 2 aromatic rings. The number of aromatic nitrogens is 1. The molecule has 2 rings (SSSR count). The van der Waals surface area contributed by atoms with Crippen LogP contribution in [0.4, 0.5) is 11.4 Å². The molecular formula is C11H9Br2N3OS. The minimum atomic E-state index is -0.179. The molecule has 4 nitrogen and oxygen atoms in total. The minimum absolute atomic E-state index is 0.179. The van der Waals surface area contributed by atoms with Crippen molar-refractivity contribution in [3.63, 3.8) is 0 Å². The van der Waals surface area contributed by atoms with Crippen molar-refractivity contribution in [3.8, 4) is 0 Å². The van der Waals surface area contributed by atoms with E-state index in [9.17, 15) is 4.79 Å². The van der Waals surface area contributed by atoms with E-state index in [0.717, 1.165) is 14.6 Å². The summed E-state index contributed by atoms with van der Waals surface area (Å²) in [6, 6.07) is 3.47. The number of nitrogens with one attached hydrogen (secondary N) is 1. The van der Waals surface area contributed by atoms with E-state index in [2.05, 4.69) is 42.2 Å². The second-order valence-electron chi connectivity index (χ2n) is 3.58. The molecule has 0 spiro atoms. The summed E-state index contributed by atoms with van der Waals surface area (Å²) >= 11 is 8.06. The predicted molar refractivity (Wildman–Crippen MR) is 81.1 cm³/mol. The van der Waals surface area contributed by atoms with Gasteiger partial charge in [-0.3, -0.25) is 4.79 Å². The molecule has 94 valence electrons. The molecule has 18 heavy (non-hydrogen) atoms. The Labute approximate surface area is 125 Å². The average molecular weight is 391 g/mol. The summed E-state index contributed by atoms with van der Waals surface area (Å²) in [4.78, 5) is 16.7. The molecule has 0 atom stereocenters. The smallest absolute Gasteiger partial charge is 0.267 e. The Bertz CT molecular complexity index is 589. The fourth-order valence-electron chi connectivity index (χ4n) is 1.40. The number of halogens is 2. The number of nitrogens with two attached hydrogens (primary N) is 1. The van der Waals surface area contributed by atoms with Crippen LogP contribution in [0.25, 0.3) is 0 Å². The predicted octanol–water partition coefficient (Wildman–Crippen LogP) is 3.81. The number of benzene rings is 1. The number of thiazole rings is 1. The van der Waals surface area contributed by atoms with E-state index in [1.54, 1.807) is 24.6 Å². The summed E-state index contributed by atoms with van der Waals surface area (Å²) < 4.78 is 1.45. The maximum Gasteiger partial charge on any atom is 0.267 e. The average Bonchev–Trinajstić information content (AvgIpc) is 2.69. The quantitative estimate of drug-likeness (QED) is 0.766. The molecule has 1 amide bonds. The molecule has 3 N–H and O–H groups in total. The summed E-state index contributed by atoms with van der Waals surface area (Å²) in [6.45, 7) is 1.80. The number of anilines is 2. The lowest BCUT2D eigenvalue weighted by Crippen LogP contribution is -2.12. The third-order valence-corrected chi connectivity index (χ3v) is 4.43. The van der Waals surface area contributed by atoms with Crippen molar-refractivity contribution < 1.29 is 4.79 Å². The Hall–Kier alpha value is -0.920. The van der Waals surface area contributed by atoms with Crippen LogP contribution in [0.3, 0.4) is 0 Å². The van der Waals surface area contributed by atoms with Gasteiger partial charge in [-0.2, -0.15) is 0 Å². The first kappa shape index (κ1) is 13.5. The van der Waals surface area contributed by atoms with Gasteiger partial charge in [0.2, 0.25) is 0 Å². The van der Waals surface area contributed by atoms with Crippen molar-refractivity contribution in [2.45, 2.75) is 6.92 Å². The Morgan fingerprint density at radius 1 is 1.39 bits per heavy atom. The van der Waals surface area contributed by atoms with Gasteiger partial charge < -0.3 is 11.1 Å². The van der Waals surface area contributed by atoms with Gasteiger partial charge in [-0.1, -0.05) is 0 Å². The molecule has 1 aromatic heterocycles. The number of amides is 1. The highest BCUT2D eigenvalue weighted by Crippen LogP contribution is 2.34. The molecule has 0 saturated carbocycles. The fraction of sp³-hybridized carbons (Fsp3) is 0.0909. The molecule has 0 aliphatic rings. The highest BCUT2D eigenvalue weighted by molar-refractivity contribution is 9.11. The summed E-state index contributed by atoms with van der Waals surface area (Å²) in [5, 5.41) is 2.83. The van der Waals surface area contributed by atoms with E-state index in [1.807, 2.05) is 0 Å². The van der Waals surface area contributed by atoms with E-state index in [-0.39, 0.29) is 5.91 Å². The van der Waals surface area contributed by atoms with E-state index in [1.165, 1.54) is 11.3 Å². The first-order valence-corrected chi connectivity index (χ1v) is 7.41. The summed E-state index contributed by atoms with van der Waals surface area (Å²) in [7, 11) is 0. The van der Waals surface area contributed by atoms with Crippen molar-refractivity contribution in [3.05, 3.63) is 37.2 Å². The topological polar surface area (TPSA) is 68.0 Å². The summed E-state index contributed by atoms with van der Waals surface area (Å²) in [5.74, 6) is -0.179. The molecule has 0 bridgehead atoms. The zero-order valence-corrected chi connectivity index (χ0v) is 13.3. The lowest BCUT2D eigenvalue weighted by atomic mass is 10.2. The van der Waals surface area contributed by atoms with Crippen LogP contribution in [-0.2, 0) is 0 Å². The standard InChI is InChI=1S/C11H9Br2N3OS/c1-5-10(18-4-15-5)11(17)16-9-7(12)2-6(14)3-8(9)13/h2-4H,14H2,1H3,(H,16,17). The van der Waals surface area contributed by atoms with E-state index in [0.29, 0.717) is 16.3 Å². The van der Waals surface area contributed by atoms with Crippen molar-refractivity contribution in [2.75, 3.05) is 11.1 Å². The normalized spacial score (nSPS) is 10.4. The zero-order chi connectivity index (χ0) is 13.3. The minimum Gasteiger partial charge on any atom is -0.399 e. The van der Waals surface area contributed by atoms with Gasteiger partial charge in [0.05, 0.1) is 16.9 Å². The van der Waals surface area contributed by atoms with Gasteiger partial charge in [-0.15, -0.1) is 11.3 Å². The SMILES string of the molecule is Cc1ncsc1C(=O)Nc1c(Br)cc(N)cc1Br. The van der Waals surface area contributed by atoms with Crippen molar-refractivity contribution in [2.24, 2.45) is 0 Å². The van der Waals surface area contributed by atoms with Crippen LogP contribution in [0.2, 0.25) is 0 Å². The first-order valence-electron chi connectivity index (χ1n) is 4.95. The molecule has 0 saturated heterocycles. The maximum atomic E-state index is 12.1. The molecule has 0 unspecified atom stereocenters. The van der Waals surface area contributed by atoms with Crippen LogP contribution in [0.15, 0.2) is 26.6 Å². The van der Waals surface area contributed by atoms with Crippen molar-refractivity contribution in [1.29, 1.82) is 0 Å². The van der Waals surface area contributed by atoms with E-state index in [4.69, 9.17) is 5.73 Å². The molecule has 1 heterocycles. The number of carbonyl (C=O) groups is 1. The number of hydrogen-bond acceptors (Lipinski definition) is 4. The number of nitrogens with zero attached hydrogens (tertiary/aromatic N) is 1. The third-order valence-electron chi connectivity index (χ3n) is 2.25. The Kier molecular flexibility index (Phi) is 4.04. The highest BCUT2D eigenvalue weighted by atomic mass is 79.9. The van der Waals surface area contributed by atoms with Crippen molar-refractivity contribution >= 4 is 60.5 Å². The zero-order valence-electron chi connectivity index (χ0n) is 9.33. The molecule has 0 aliphatic heterocycles. The van der Waals surface area contributed by atoms with Gasteiger partial charge >= 0.3 is 0 Å². The van der Waals surface area contributed by atoms with Crippen LogP contribution in [-0.4, -0.2) is 10.9 Å². The summed E-state index contributed by atoms with van der Waals surface area (Å²) in [6.07, 6.45) is 0. The number of rotatable bonds is 2. The number of aryl methyl sites for hydroxylation is 1. The Balaban J connectivity index is 2.31. The van der Waals surface area contributed by atoms with Gasteiger partial charge in [0.1, 0.15) is 4.88 Å². The molecule has 0 radical (unpaired) electrons. The van der Waals surface area contributed by atoms with Crippen LogP contribution >= 0.6 is 43.2 Å². The van der Waals surface area contributed by atoms with Gasteiger partial charge in [-0.05, 0) is 50.9 Å². The lowest BCUT2D eigenvalue weighted by Gasteiger charge is -2.10. The van der Waals surface area contributed by atoms with Crippen LogP contribution < -0.4 is 11.1 Å². The molecular weight excluding hydrogens is 382 g/mol. The van der Waals surface area contributed by atoms with E-state index >= 15 is 0 Å². The maximum absolute atomic E-state index is 12.1. The van der Waals surface area contributed by atoms with Gasteiger partial charge in [0.15, 0.2) is 0 Å².